The lowest BCUT2D eigenvalue weighted by atomic mass is 10.0. The van der Waals surface area contributed by atoms with E-state index >= 15 is 0 Å². The van der Waals surface area contributed by atoms with E-state index in [-0.39, 0.29) is 0 Å². The number of rotatable bonds is 5. The fourth-order valence-corrected chi connectivity index (χ4v) is 3.18. The van der Waals surface area contributed by atoms with Crippen molar-refractivity contribution in [1.82, 2.24) is 0 Å². The molecule has 0 amide bonds. The van der Waals surface area contributed by atoms with Crippen LogP contribution in [0.3, 0.4) is 0 Å². The van der Waals surface area contributed by atoms with Gasteiger partial charge in [0.15, 0.2) is 0 Å². The van der Waals surface area contributed by atoms with Gasteiger partial charge in [-0.1, -0.05) is 48.5 Å². The molecule has 1 aliphatic rings. The van der Waals surface area contributed by atoms with Crippen molar-refractivity contribution in [3.05, 3.63) is 88.7 Å². The maximum absolute atomic E-state index is 13.0. The molecule has 0 atom stereocenters. The minimum absolute atomic E-state index is 0.411. The highest BCUT2D eigenvalue weighted by molar-refractivity contribution is 5.99. The number of carbonyl (C=O) groups is 2. The van der Waals surface area contributed by atoms with Crippen LogP contribution in [0.25, 0.3) is 6.08 Å². The number of ether oxygens (including phenoxy) is 2. The Hall–Kier alpha value is -3.14. The molecule has 0 radical (unpaired) electrons. The largest absolute Gasteiger partial charge is 0.456 e. The molecule has 4 nitrogen and oxygen atoms in total. The Morgan fingerprint density at radius 3 is 2.14 bits per heavy atom. The SMILES string of the molecule is CC(C)(C)OC(=O)C(=Cc1ccccc1)C1=C(OC(=O)c2ccccc2)CCC1. The van der Waals surface area contributed by atoms with E-state index in [0.717, 1.165) is 17.6 Å². The van der Waals surface area contributed by atoms with Crippen LogP contribution in [-0.2, 0) is 14.3 Å². The zero-order chi connectivity index (χ0) is 20.9. The highest BCUT2D eigenvalue weighted by atomic mass is 16.6. The molecular formula is C25H26O4. The van der Waals surface area contributed by atoms with E-state index in [2.05, 4.69) is 0 Å². The quantitative estimate of drug-likeness (QED) is 0.485. The van der Waals surface area contributed by atoms with E-state index in [1.165, 1.54) is 0 Å². The van der Waals surface area contributed by atoms with Crippen molar-refractivity contribution in [2.45, 2.75) is 45.6 Å². The molecule has 3 rings (SSSR count). The highest BCUT2D eigenvalue weighted by Crippen LogP contribution is 2.35. The van der Waals surface area contributed by atoms with Crippen molar-refractivity contribution < 1.29 is 19.1 Å². The number of esters is 2. The van der Waals surface area contributed by atoms with Gasteiger partial charge in [-0.05, 0) is 57.4 Å². The summed E-state index contributed by atoms with van der Waals surface area (Å²) >= 11 is 0. The maximum Gasteiger partial charge on any atom is 0.343 e. The normalized spacial score (nSPS) is 14.7. The fraction of sp³-hybridized carbons (Fsp3) is 0.280. The predicted octanol–water partition coefficient (Wildman–Crippen LogP) is 5.71. The molecule has 0 bridgehead atoms. The second-order valence-electron chi connectivity index (χ2n) is 7.98. The lowest BCUT2D eigenvalue weighted by Gasteiger charge is -2.21. The molecule has 0 aliphatic heterocycles. The average Bonchev–Trinajstić information content (AvgIpc) is 3.14. The van der Waals surface area contributed by atoms with Gasteiger partial charge in [-0.25, -0.2) is 9.59 Å². The smallest absolute Gasteiger partial charge is 0.343 e. The first-order chi connectivity index (χ1) is 13.8. The molecule has 2 aromatic rings. The molecule has 0 unspecified atom stereocenters. The molecule has 2 aromatic carbocycles. The standard InChI is InChI=1S/C25H26O4/c1-25(2,3)29-24(27)21(17-18-11-6-4-7-12-18)20-15-10-16-22(20)28-23(26)19-13-8-5-9-14-19/h4-9,11-14,17H,10,15-16H2,1-3H3. The summed E-state index contributed by atoms with van der Waals surface area (Å²) in [5.41, 5.74) is 1.94. The minimum atomic E-state index is -0.618. The third-order valence-corrected chi connectivity index (χ3v) is 4.45. The number of hydrogen-bond acceptors (Lipinski definition) is 4. The molecule has 0 spiro atoms. The molecule has 0 saturated carbocycles. The summed E-state index contributed by atoms with van der Waals surface area (Å²) in [4.78, 5) is 25.5. The number of carbonyl (C=O) groups excluding carboxylic acids is 2. The molecule has 1 aliphatic carbocycles. The van der Waals surface area contributed by atoms with Crippen LogP contribution < -0.4 is 0 Å². The van der Waals surface area contributed by atoms with Crippen molar-refractivity contribution in [2.75, 3.05) is 0 Å². The van der Waals surface area contributed by atoms with E-state index in [9.17, 15) is 9.59 Å². The van der Waals surface area contributed by atoms with Crippen LogP contribution >= 0.6 is 0 Å². The summed E-state index contributed by atoms with van der Waals surface area (Å²) in [6, 6.07) is 18.5. The Morgan fingerprint density at radius 1 is 0.897 bits per heavy atom. The summed E-state index contributed by atoms with van der Waals surface area (Å²) in [5, 5.41) is 0. The van der Waals surface area contributed by atoms with E-state index in [1.54, 1.807) is 24.3 Å². The topological polar surface area (TPSA) is 52.6 Å². The van der Waals surface area contributed by atoms with Crippen molar-refractivity contribution in [3.8, 4) is 0 Å². The second-order valence-corrected chi connectivity index (χ2v) is 7.98. The van der Waals surface area contributed by atoms with Crippen molar-refractivity contribution in [1.29, 1.82) is 0 Å². The van der Waals surface area contributed by atoms with Gasteiger partial charge >= 0.3 is 11.9 Å². The van der Waals surface area contributed by atoms with E-state index in [0.29, 0.717) is 29.7 Å². The summed E-state index contributed by atoms with van der Waals surface area (Å²) in [6.07, 6.45) is 3.91. The van der Waals surface area contributed by atoms with Crippen molar-refractivity contribution >= 4 is 18.0 Å². The van der Waals surface area contributed by atoms with Crippen LogP contribution in [0.15, 0.2) is 77.6 Å². The Kier molecular flexibility index (Phi) is 6.32. The van der Waals surface area contributed by atoms with Gasteiger partial charge in [0.05, 0.1) is 11.1 Å². The van der Waals surface area contributed by atoms with Crippen LogP contribution in [0.2, 0.25) is 0 Å². The van der Waals surface area contributed by atoms with Crippen molar-refractivity contribution in [2.24, 2.45) is 0 Å². The lowest BCUT2D eigenvalue weighted by molar-refractivity contribution is -0.149. The molecule has 0 N–H and O–H groups in total. The Bertz CT molecular complexity index is 932. The van der Waals surface area contributed by atoms with Crippen molar-refractivity contribution in [3.63, 3.8) is 0 Å². The van der Waals surface area contributed by atoms with E-state index in [1.807, 2.05) is 63.2 Å². The molecule has 0 heterocycles. The predicted molar refractivity (Wildman–Crippen MR) is 113 cm³/mol. The molecule has 0 aromatic heterocycles. The molecule has 0 saturated heterocycles. The second kappa shape index (κ2) is 8.91. The lowest BCUT2D eigenvalue weighted by Crippen LogP contribution is -2.25. The minimum Gasteiger partial charge on any atom is -0.456 e. The zero-order valence-electron chi connectivity index (χ0n) is 17.1. The van der Waals surface area contributed by atoms with E-state index in [4.69, 9.17) is 9.47 Å². The van der Waals surface area contributed by atoms with Gasteiger partial charge in [-0.15, -0.1) is 0 Å². The summed E-state index contributed by atoms with van der Waals surface area (Å²) in [5.74, 6) is -0.276. The van der Waals surface area contributed by atoms with Crippen LogP contribution in [0, 0.1) is 0 Å². The van der Waals surface area contributed by atoms with Crippen LogP contribution in [-0.4, -0.2) is 17.5 Å². The maximum atomic E-state index is 13.0. The van der Waals surface area contributed by atoms with Crippen LogP contribution in [0.4, 0.5) is 0 Å². The first-order valence-corrected chi connectivity index (χ1v) is 9.83. The van der Waals surface area contributed by atoms with Gasteiger partial charge in [0.1, 0.15) is 11.4 Å². The molecule has 150 valence electrons. The van der Waals surface area contributed by atoms with Gasteiger partial charge < -0.3 is 9.47 Å². The molecule has 0 fully saturated rings. The fourth-order valence-electron chi connectivity index (χ4n) is 3.18. The third kappa shape index (κ3) is 5.67. The summed E-state index contributed by atoms with van der Waals surface area (Å²) in [6.45, 7) is 5.51. The first kappa shape index (κ1) is 20.6. The Morgan fingerprint density at radius 2 is 1.52 bits per heavy atom. The van der Waals surface area contributed by atoms with Gasteiger partial charge in [-0.3, -0.25) is 0 Å². The Labute approximate surface area is 171 Å². The van der Waals surface area contributed by atoms with Gasteiger partial charge in [0, 0.05) is 12.0 Å². The molecule has 4 heteroatoms. The monoisotopic (exact) mass is 390 g/mol. The average molecular weight is 390 g/mol. The first-order valence-electron chi connectivity index (χ1n) is 9.83. The molecular weight excluding hydrogens is 364 g/mol. The van der Waals surface area contributed by atoms with Crippen LogP contribution in [0.1, 0.15) is 56.0 Å². The molecule has 29 heavy (non-hydrogen) atoms. The van der Waals surface area contributed by atoms with E-state index < -0.39 is 17.5 Å². The number of hydrogen-bond donors (Lipinski definition) is 0. The number of allylic oxidation sites excluding steroid dienone is 1. The zero-order valence-corrected chi connectivity index (χ0v) is 17.1. The summed E-state index contributed by atoms with van der Waals surface area (Å²) < 4.78 is 11.3. The van der Waals surface area contributed by atoms with Gasteiger partial charge in [0.2, 0.25) is 0 Å². The Balaban J connectivity index is 1.96. The van der Waals surface area contributed by atoms with Gasteiger partial charge in [-0.2, -0.15) is 0 Å². The van der Waals surface area contributed by atoms with Crippen LogP contribution in [0.5, 0.6) is 0 Å². The highest BCUT2D eigenvalue weighted by Gasteiger charge is 2.29. The summed E-state index contributed by atoms with van der Waals surface area (Å²) in [7, 11) is 0. The third-order valence-electron chi connectivity index (χ3n) is 4.45. The number of benzene rings is 2. The van der Waals surface area contributed by atoms with Gasteiger partial charge in [0.25, 0.3) is 0 Å².